The van der Waals surface area contributed by atoms with Crippen molar-refractivity contribution in [2.45, 2.75) is 32.7 Å². The van der Waals surface area contributed by atoms with Crippen LogP contribution in [0.1, 0.15) is 32.0 Å². The second kappa shape index (κ2) is 4.11. The van der Waals surface area contributed by atoms with Gasteiger partial charge in [-0.2, -0.15) is 5.10 Å². The second-order valence-electron chi connectivity index (χ2n) is 5.72. The molecule has 2 aromatic heterocycles. The van der Waals surface area contributed by atoms with Gasteiger partial charge in [-0.25, -0.2) is 9.50 Å². The smallest absolute Gasteiger partial charge is 0.159 e. The van der Waals surface area contributed by atoms with E-state index in [0.717, 1.165) is 17.9 Å². The normalized spacial score (nSPS) is 12.6. The van der Waals surface area contributed by atoms with Crippen LogP contribution in [0.2, 0.25) is 0 Å². The summed E-state index contributed by atoms with van der Waals surface area (Å²) in [5, 5.41) is 4.32. The number of hydrogen-bond acceptors (Lipinski definition) is 3. The Morgan fingerprint density at radius 1 is 1.24 bits per heavy atom. The van der Waals surface area contributed by atoms with Crippen molar-refractivity contribution >= 4 is 5.65 Å². The lowest BCUT2D eigenvalue weighted by Gasteiger charge is -2.20. The molecule has 0 unspecified atom stereocenters. The first-order valence-electron chi connectivity index (χ1n) is 5.86. The van der Waals surface area contributed by atoms with Gasteiger partial charge in [0.05, 0.1) is 5.69 Å². The number of nitrogens with zero attached hydrogens (tertiary/aromatic N) is 4. The van der Waals surface area contributed by atoms with Gasteiger partial charge in [0, 0.05) is 12.1 Å². The monoisotopic (exact) mass is 232 g/mol. The van der Waals surface area contributed by atoms with Gasteiger partial charge in [0.15, 0.2) is 5.65 Å². The van der Waals surface area contributed by atoms with Gasteiger partial charge in [0.25, 0.3) is 0 Å². The summed E-state index contributed by atoms with van der Waals surface area (Å²) in [5.41, 5.74) is 3.45. The number of hydrogen-bond donors (Lipinski definition) is 0. The summed E-state index contributed by atoms with van der Waals surface area (Å²) in [4.78, 5) is 6.52. The Morgan fingerprint density at radius 2 is 1.94 bits per heavy atom. The number of fused-ring (bicyclic) bond motifs is 1. The van der Waals surface area contributed by atoms with E-state index in [1.165, 1.54) is 5.56 Å². The van der Waals surface area contributed by atoms with Gasteiger partial charge >= 0.3 is 0 Å². The molecule has 0 radical (unpaired) electrons. The molecule has 0 bridgehead atoms. The van der Waals surface area contributed by atoms with Gasteiger partial charge < -0.3 is 4.90 Å². The van der Waals surface area contributed by atoms with Crippen LogP contribution in [0.3, 0.4) is 0 Å². The van der Waals surface area contributed by atoms with E-state index in [9.17, 15) is 0 Å². The molecule has 0 aromatic carbocycles. The minimum atomic E-state index is 0.0882. The van der Waals surface area contributed by atoms with Crippen LogP contribution in [0.25, 0.3) is 5.65 Å². The Labute approximate surface area is 102 Å². The van der Waals surface area contributed by atoms with E-state index < -0.39 is 0 Å². The summed E-state index contributed by atoms with van der Waals surface area (Å²) in [7, 11) is 4.11. The largest absolute Gasteiger partial charge is 0.304 e. The summed E-state index contributed by atoms with van der Waals surface area (Å²) in [6.07, 6.45) is 1.63. The molecule has 0 N–H and O–H groups in total. The highest BCUT2D eigenvalue weighted by atomic mass is 15.3. The van der Waals surface area contributed by atoms with Crippen LogP contribution in [-0.4, -0.2) is 33.6 Å². The Hall–Kier alpha value is -1.42. The van der Waals surface area contributed by atoms with Crippen molar-refractivity contribution in [3.8, 4) is 0 Å². The minimum Gasteiger partial charge on any atom is -0.304 e. The van der Waals surface area contributed by atoms with Crippen LogP contribution in [-0.2, 0) is 12.0 Å². The predicted molar refractivity (Wildman–Crippen MR) is 69.1 cm³/mol. The summed E-state index contributed by atoms with van der Waals surface area (Å²) in [6, 6.07) is 4.31. The van der Waals surface area contributed by atoms with E-state index in [2.05, 4.69) is 62.0 Å². The molecule has 92 valence electrons. The van der Waals surface area contributed by atoms with Gasteiger partial charge in [-0.05, 0) is 25.6 Å². The number of aromatic nitrogens is 3. The first-order valence-corrected chi connectivity index (χ1v) is 5.86. The maximum absolute atomic E-state index is 4.39. The van der Waals surface area contributed by atoms with Gasteiger partial charge in [-0.1, -0.05) is 26.8 Å². The Balaban J connectivity index is 2.59. The van der Waals surface area contributed by atoms with E-state index in [0.29, 0.717) is 0 Å². The molecule has 0 atom stereocenters. The SMILES string of the molecule is CN(C)Cc1ccc(C(C)(C)C)c2ncnn12. The molecule has 17 heavy (non-hydrogen) atoms. The Morgan fingerprint density at radius 3 is 2.53 bits per heavy atom. The van der Waals surface area contributed by atoms with Gasteiger partial charge in [-0.3, -0.25) is 0 Å². The highest BCUT2D eigenvalue weighted by Gasteiger charge is 2.19. The van der Waals surface area contributed by atoms with E-state index in [-0.39, 0.29) is 5.41 Å². The third-order valence-corrected chi connectivity index (χ3v) is 2.79. The fourth-order valence-corrected chi connectivity index (χ4v) is 1.99. The van der Waals surface area contributed by atoms with Crippen LogP contribution in [0, 0.1) is 0 Å². The fraction of sp³-hybridized carbons (Fsp3) is 0.538. The first-order chi connectivity index (χ1) is 7.89. The van der Waals surface area contributed by atoms with E-state index in [1.54, 1.807) is 6.33 Å². The van der Waals surface area contributed by atoms with Gasteiger partial charge in [0.2, 0.25) is 0 Å². The van der Waals surface area contributed by atoms with Crippen molar-refractivity contribution in [3.63, 3.8) is 0 Å². The molecule has 2 heterocycles. The van der Waals surface area contributed by atoms with Crippen LogP contribution in [0.4, 0.5) is 0 Å². The molecule has 0 aliphatic rings. The lowest BCUT2D eigenvalue weighted by atomic mass is 9.87. The summed E-state index contributed by atoms with van der Waals surface area (Å²) in [6.45, 7) is 7.46. The van der Waals surface area contributed by atoms with E-state index in [4.69, 9.17) is 0 Å². The fourth-order valence-electron chi connectivity index (χ4n) is 1.99. The van der Waals surface area contributed by atoms with Crippen molar-refractivity contribution in [3.05, 3.63) is 29.7 Å². The third-order valence-electron chi connectivity index (χ3n) is 2.79. The van der Waals surface area contributed by atoms with Crippen molar-refractivity contribution in [1.29, 1.82) is 0 Å². The van der Waals surface area contributed by atoms with Gasteiger partial charge in [0.1, 0.15) is 6.33 Å². The summed E-state index contributed by atoms with van der Waals surface area (Å²) in [5.74, 6) is 0. The molecule has 0 spiro atoms. The highest BCUT2D eigenvalue weighted by molar-refractivity contribution is 5.51. The Bertz CT molecular complexity index is 520. The molecular weight excluding hydrogens is 212 g/mol. The lowest BCUT2D eigenvalue weighted by molar-refractivity contribution is 0.392. The van der Waals surface area contributed by atoms with Crippen LogP contribution in [0.5, 0.6) is 0 Å². The van der Waals surface area contributed by atoms with Crippen LogP contribution in [0.15, 0.2) is 18.5 Å². The highest BCUT2D eigenvalue weighted by Crippen LogP contribution is 2.26. The number of rotatable bonds is 2. The molecule has 4 heteroatoms. The second-order valence-corrected chi connectivity index (χ2v) is 5.72. The summed E-state index contributed by atoms with van der Waals surface area (Å²) >= 11 is 0. The third kappa shape index (κ3) is 2.31. The van der Waals surface area contributed by atoms with Gasteiger partial charge in [-0.15, -0.1) is 0 Å². The van der Waals surface area contributed by atoms with Crippen LogP contribution < -0.4 is 0 Å². The molecule has 2 rings (SSSR count). The Kier molecular flexibility index (Phi) is 2.91. The zero-order valence-electron chi connectivity index (χ0n) is 11.2. The molecule has 0 fully saturated rings. The van der Waals surface area contributed by atoms with Crippen LogP contribution >= 0.6 is 0 Å². The molecule has 0 amide bonds. The average molecular weight is 232 g/mol. The van der Waals surface area contributed by atoms with Crippen molar-refractivity contribution in [2.75, 3.05) is 14.1 Å². The standard InChI is InChI=1S/C13H20N4/c1-13(2,3)11-7-6-10(8-16(4)5)17-12(11)14-9-15-17/h6-7,9H,8H2,1-5H3. The molecular formula is C13H20N4. The molecule has 0 aliphatic heterocycles. The molecule has 0 aliphatic carbocycles. The van der Waals surface area contributed by atoms with E-state index in [1.807, 2.05) is 4.52 Å². The zero-order valence-corrected chi connectivity index (χ0v) is 11.2. The van der Waals surface area contributed by atoms with Crippen molar-refractivity contribution in [1.82, 2.24) is 19.5 Å². The maximum atomic E-state index is 4.39. The molecule has 4 nitrogen and oxygen atoms in total. The molecule has 0 saturated carbocycles. The average Bonchev–Trinajstić information content (AvgIpc) is 2.63. The lowest BCUT2D eigenvalue weighted by Crippen LogP contribution is -2.17. The van der Waals surface area contributed by atoms with Crippen molar-refractivity contribution in [2.24, 2.45) is 0 Å². The van der Waals surface area contributed by atoms with Crippen molar-refractivity contribution < 1.29 is 0 Å². The maximum Gasteiger partial charge on any atom is 0.159 e. The zero-order chi connectivity index (χ0) is 12.6. The van der Waals surface area contributed by atoms with E-state index >= 15 is 0 Å². The first kappa shape index (κ1) is 12.0. The molecule has 0 saturated heterocycles. The predicted octanol–water partition coefficient (Wildman–Crippen LogP) is 2.09. The minimum absolute atomic E-state index is 0.0882. The summed E-state index contributed by atoms with van der Waals surface area (Å²) < 4.78 is 1.95. The molecule has 2 aromatic rings. The topological polar surface area (TPSA) is 33.4 Å². The quantitative estimate of drug-likeness (QED) is 0.795. The number of pyridine rings is 1.